The van der Waals surface area contributed by atoms with Crippen LogP contribution in [-0.4, -0.2) is 58.7 Å². The average Bonchev–Trinajstić information content (AvgIpc) is 3.40. The molecule has 0 saturated carbocycles. The highest BCUT2D eigenvalue weighted by molar-refractivity contribution is 7.09. The van der Waals surface area contributed by atoms with Crippen LogP contribution in [0.5, 0.6) is 0 Å². The van der Waals surface area contributed by atoms with E-state index in [9.17, 15) is 27.9 Å². The molecule has 0 spiro atoms. The summed E-state index contributed by atoms with van der Waals surface area (Å²) in [4.78, 5) is 32.4. The van der Waals surface area contributed by atoms with Crippen LogP contribution in [0.3, 0.4) is 0 Å². The Kier molecular flexibility index (Phi) is 11.3. The number of hydrogen-bond acceptors (Lipinski definition) is 6. The Bertz CT molecular complexity index is 1540. The van der Waals surface area contributed by atoms with Crippen LogP contribution in [0.15, 0.2) is 84.2 Å². The number of aliphatic hydroxyl groups is 1. The summed E-state index contributed by atoms with van der Waals surface area (Å²) >= 11 is 1.48. The first-order valence-electron chi connectivity index (χ1n) is 14.1. The molecule has 0 aliphatic heterocycles. The van der Waals surface area contributed by atoms with E-state index in [4.69, 9.17) is 0 Å². The highest BCUT2D eigenvalue weighted by Gasteiger charge is 2.27. The Morgan fingerprint density at radius 1 is 0.955 bits per heavy atom. The van der Waals surface area contributed by atoms with Crippen molar-refractivity contribution in [2.75, 3.05) is 13.6 Å². The summed E-state index contributed by atoms with van der Waals surface area (Å²) in [6, 6.07) is 21.3. The van der Waals surface area contributed by atoms with Gasteiger partial charge in [-0.1, -0.05) is 60.7 Å². The molecule has 4 rings (SSSR count). The molecule has 1 aromatic heterocycles. The number of halogens is 3. The van der Waals surface area contributed by atoms with Gasteiger partial charge in [0.05, 0.1) is 25.1 Å². The Hall–Kier alpha value is -4.06. The molecule has 0 aliphatic carbocycles. The molecule has 44 heavy (non-hydrogen) atoms. The second-order valence-corrected chi connectivity index (χ2v) is 11.6. The summed E-state index contributed by atoms with van der Waals surface area (Å²) in [7, 11) is 1.68. The van der Waals surface area contributed by atoms with Crippen molar-refractivity contribution in [3.05, 3.63) is 123 Å². The van der Waals surface area contributed by atoms with Crippen molar-refractivity contribution in [2.24, 2.45) is 0 Å². The van der Waals surface area contributed by atoms with E-state index in [0.717, 1.165) is 16.3 Å². The fourth-order valence-corrected chi connectivity index (χ4v) is 5.58. The van der Waals surface area contributed by atoms with Gasteiger partial charge in [-0.2, -0.15) is 13.2 Å². The van der Waals surface area contributed by atoms with Gasteiger partial charge >= 0.3 is 6.18 Å². The average molecular weight is 625 g/mol. The predicted octanol–water partition coefficient (Wildman–Crippen LogP) is 5.32. The first kappa shape index (κ1) is 32.8. The van der Waals surface area contributed by atoms with Crippen LogP contribution >= 0.6 is 11.3 Å². The first-order chi connectivity index (χ1) is 21.0. The standard InChI is InChI=1S/C33H35F3N4O3S/c1-22-21-44-30(38-22)20-40(2)32(43)27-13-7-12-26(16-27)31(42)39-28(15-23-8-4-3-5-9-23)29(41)19-37-18-25-11-6-10-24(14-25)17-33(34,35)36/h3-14,16,21,28-29,37,41H,15,17-20H2,1-2H3,(H,39,42)/t28-,29+/m0/s1. The van der Waals surface area contributed by atoms with Crippen molar-refractivity contribution in [3.63, 3.8) is 0 Å². The Morgan fingerprint density at radius 3 is 2.34 bits per heavy atom. The fraction of sp³-hybridized carbons (Fsp3) is 0.303. The second-order valence-electron chi connectivity index (χ2n) is 10.7. The SMILES string of the molecule is Cc1csc(CN(C)C(=O)c2cccc(C(=O)N[C@@H](Cc3ccccc3)[C@H](O)CNCc3cccc(CC(F)(F)F)c3)c2)n1. The Morgan fingerprint density at radius 2 is 1.64 bits per heavy atom. The van der Waals surface area contributed by atoms with Gasteiger partial charge in [-0.25, -0.2) is 4.98 Å². The van der Waals surface area contributed by atoms with Gasteiger partial charge in [-0.3, -0.25) is 9.59 Å². The number of hydrogen-bond donors (Lipinski definition) is 3. The lowest BCUT2D eigenvalue weighted by molar-refractivity contribution is -0.127. The van der Waals surface area contributed by atoms with Gasteiger partial charge in [0, 0.05) is 42.3 Å². The van der Waals surface area contributed by atoms with Gasteiger partial charge in [-0.15, -0.1) is 11.3 Å². The Balaban J connectivity index is 1.41. The maximum atomic E-state index is 13.4. The maximum absolute atomic E-state index is 13.4. The molecule has 0 unspecified atom stereocenters. The van der Waals surface area contributed by atoms with E-state index >= 15 is 0 Å². The zero-order chi connectivity index (χ0) is 31.7. The molecule has 0 radical (unpaired) electrons. The lowest BCUT2D eigenvalue weighted by Crippen LogP contribution is -2.48. The van der Waals surface area contributed by atoms with Crippen LogP contribution in [0.25, 0.3) is 0 Å². The number of benzene rings is 3. The molecule has 2 atom stereocenters. The van der Waals surface area contributed by atoms with Gasteiger partial charge in [0.2, 0.25) is 0 Å². The van der Waals surface area contributed by atoms with Crippen molar-refractivity contribution in [1.82, 2.24) is 20.5 Å². The molecule has 7 nitrogen and oxygen atoms in total. The number of rotatable bonds is 13. The first-order valence-corrected chi connectivity index (χ1v) is 15.0. The number of aryl methyl sites for hydroxylation is 1. The molecule has 2 amide bonds. The van der Waals surface area contributed by atoms with Crippen LogP contribution in [0.1, 0.15) is 48.1 Å². The number of alkyl halides is 3. The zero-order valence-electron chi connectivity index (χ0n) is 24.5. The highest BCUT2D eigenvalue weighted by Crippen LogP contribution is 2.22. The largest absolute Gasteiger partial charge is 0.393 e. The van der Waals surface area contributed by atoms with E-state index < -0.39 is 30.7 Å². The van der Waals surface area contributed by atoms with E-state index in [0.29, 0.717) is 24.1 Å². The van der Waals surface area contributed by atoms with Crippen molar-refractivity contribution in [1.29, 1.82) is 0 Å². The summed E-state index contributed by atoms with van der Waals surface area (Å²) < 4.78 is 38.4. The van der Waals surface area contributed by atoms with Crippen LogP contribution < -0.4 is 10.6 Å². The number of carbonyl (C=O) groups is 2. The molecule has 11 heteroatoms. The third kappa shape index (κ3) is 10.0. The molecule has 4 aromatic rings. The van der Waals surface area contributed by atoms with Gasteiger partial charge in [0.15, 0.2) is 0 Å². The number of aromatic nitrogens is 1. The summed E-state index contributed by atoms with van der Waals surface area (Å²) in [5.74, 6) is -0.699. The van der Waals surface area contributed by atoms with Gasteiger partial charge in [0.25, 0.3) is 11.8 Å². The second kappa shape index (κ2) is 15.1. The predicted molar refractivity (Wildman–Crippen MR) is 164 cm³/mol. The van der Waals surface area contributed by atoms with Gasteiger partial charge in [-0.05, 0) is 48.2 Å². The van der Waals surface area contributed by atoms with E-state index in [1.54, 1.807) is 42.3 Å². The molecular weight excluding hydrogens is 589 g/mol. The third-order valence-electron chi connectivity index (χ3n) is 6.92. The van der Waals surface area contributed by atoms with E-state index in [1.807, 2.05) is 42.6 Å². The summed E-state index contributed by atoms with van der Waals surface area (Å²) in [5, 5.41) is 19.9. The molecule has 3 N–H and O–H groups in total. The summed E-state index contributed by atoms with van der Waals surface area (Å²) in [6.07, 6.45) is -5.99. The molecule has 0 aliphatic rings. The topological polar surface area (TPSA) is 94.6 Å². The number of nitrogens with one attached hydrogen (secondary N) is 2. The molecular formula is C33H35F3N4O3S. The van der Waals surface area contributed by atoms with E-state index in [1.165, 1.54) is 29.5 Å². The van der Waals surface area contributed by atoms with E-state index in [-0.39, 0.29) is 30.1 Å². The molecule has 3 aromatic carbocycles. The smallest absolute Gasteiger partial charge is 0.390 e. The van der Waals surface area contributed by atoms with Crippen LogP contribution in [-0.2, 0) is 25.9 Å². The van der Waals surface area contributed by atoms with Crippen molar-refractivity contribution < 1.29 is 27.9 Å². The number of aliphatic hydroxyl groups excluding tert-OH is 1. The van der Waals surface area contributed by atoms with E-state index in [2.05, 4.69) is 15.6 Å². The van der Waals surface area contributed by atoms with Crippen LogP contribution in [0.4, 0.5) is 13.2 Å². The lowest BCUT2D eigenvalue weighted by Gasteiger charge is -2.25. The van der Waals surface area contributed by atoms with Crippen molar-refractivity contribution >= 4 is 23.2 Å². The zero-order valence-corrected chi connectivity index (χ0v) is 25.3. The number of carbonyl (C=O) groups excluding carboxylic acids is 2. The quantitative estimate of drug-likeness (QED) is 0.187. The summed E-state index contributed by atoms with van der Waals surface area (Å²) in [5.41, 5.74) is 3.23. The number of nitrogens with zero attached hydrogens (tertiary/aromatic N) is 2. The fourth-order valence-electron chi connectivity index (χ4n) is 4.75. The monoisotopic (exact) mass is 624 g/mol. The number of thiazole rings is 1. The van der Waals surface area contributed by atoms with Crippen molar-refractivity contribution in [3.8, 4) is 0 Å². The van der Waals surface area contributed by atoms with Gasteiger partial charge < -0.3 is 20.6 Å². The van der Waals surface area contributed by atoms with Crippen LogP contribution in [0.2, 0.25) is 0 Å². The molecule has 0 fully saturated rings. The normalized spacial score (nSPS) is 12.9. The number of amides is 2. The van der Waals surface area contributed by atoms with Gasteiger partial charge in [0.1, 0.15) is 5.01 Å². The molecule has 0 saturated heterocycles. The molecule has 0 bridgehead atoms. The maximum Gasteiger partial charge on any atom is 0.393 e. The Labute approximate surface area is 258 Å². The summed E-state index contributed by atoms with van der Waals surface area (Å²) in [6.45, 7) is 2.56. The van der Waals surface area contributed by atoms with Crippen LogP contribution in [0, 0.1) is 6.92 Å². The van der Waals surface area contributed by atoms with Crippen molar-refractivity contribution in [2.45, 2.75) is 51.2 Å². The minimum Gasteiger partial charge on any atom is -0.390 e. The third-order valence-corrected chi connectivity index (χ3v) is 7.87. The minimum atomic E-state index is -4.30. The lowest BCUT2D eigenvalue weighted by atomic mass is 10.00. The highest BCUT2D eigenvalue weighted by atomic mass is 32.1. The molecule has 1 heterocycles. The molecule has 232 valence electrons. The minimum absolute atomic E-state index is 0.0842.